The Morgan fingerprint density at radius 3 is 2.15 bits per heavy atom. The molecule has 214 valence electrons. The summed E-state index contributed by atoms with van der Waals surface area (Å²) in [5.41, 5.74) is 3.25. The summed E-state index contributed by atoms with van der Waals surface area (Å²) in [6.45, 7) is 8.06. The Bertz CT molecular complexity index is 1360. The molecule has 0 saturated heterocycles. The van der Waals surface area contributed by atoms with E-state index in [1.807, 2.05) is 70.2 Å². The highest BCUT2D eigenvalue weighted by molar-refractivity contribution is 7.92. The van der Waals surface area contributed by atoms with Crippen molar-refractivity contribution >= 4 is 27.5 Å². The summed E-state index contributed by atoms with van der Waals surface area (Å²) in [5, 5.41) is 2.92. The largest absolute Gasteiger partial charge is 0.354 e. The number of nitrogens with zero attached hydrogens (tertiary/aromatic N) is 2. The Kier molecular flexibility index (Phi) is 11.3. The SMILES string of the molecule is CCCNC(=O)[C@@H](CC)N(CCc1ccccc1)C(=O)CN(c1ccccc1CC)S(=O)(=O)c1ccc(C)cc1. The molecule has 0 radical (unpaired) electrons. The Morgan fingerprint density at radius 1 is 0.875 bits per heavy atom. The summed E-state index contributed by atoms with van der Waals surface area (Å²) in [4.78, 5) is 28.9. The Labute approximate surface area is 239 Å². The topological polar surface area (TPSA) is 86.8 Å². The molecule has 0 aliphatic heterocycles. The molecular formula is C32H41N3O4S. The smallest absolute Gasteiger partial charge is 0.264 e. The van der Waals surface area contributed by atoms with E-state index in [2.05, 4.69) is 5.32 Å². The maximum absolute atomic E-state index is 14.1. The molecule has 3 rings (SSSR count). The predicted molar refractivity (Wildman–Crippen MR) is 161 cm³/mol. The van der Waals surface area contributed by atoms with Crippen LogP contribution in [-0.4, -0.2) is 50.8 Å². The molecule has 0 unspecified atom stereocenters. The number of hydrogen-bond acceptors (Lipinski definition) is 4. The normalized spacial score (nSPS) is 12.0. The number of rotatable bonds is 14. The van der Waals surface area contributed by atoms with E-state index < -0.39 is 28.5 Å². The van der Waals surface area contributed by atoms with Crippen LogP contribution >= 0.6 is 0 Å². The van der Waals surface area contributed by atoms with Gasteiger partial charge in [-0.3, -0.25) is 13.9 Å². The summed E-state index contributed by atoms with van der Waals surface area (Å²) >= 11 is 0. The first-order valence-electron chi connectivity index (χ1n) is 14.0. The molecule has 8 heteroatoms. The third-order valence-electron chi connectivity index (χ3n) is 6.95. The van der Waals surface area contributed by atoms with E-state index >= 15 is 0 Å². The number of hydrogen-bond donors (Lipinski definition) is 1. The maximum Gasteiger partial charge on any atom is 0.264 e. The quantitative estimate of drug-likeness (QED) is 0.295. The van der Waals surface area contributed by atoms with Gasteiger partial charge in [0, 0.05) is 13.1 Å². The number of carbonyl (C=O) groups excluding carboxylic acids is 2. The van der Waals surface area contributed by atoms with Crippen molar-refractivity contribution in [3.05, 3.63) is 95.6 Å². The number of amides is 2. The van der Waals surface area contributed by atoms with Gasteiger partial charge in [0.15, 0.2) is 0 Å². The van der Waals surface area contributed by atoms with Crippen LogP contribution in [0.25, 0.3) is 0 Å². The van der Waals surface area contributed by atoms with Gasteiger partial charge in [-0.2, -0.15) is 0 Å². The van der Waals surface area contributed by atoms with Crippen LogP contribution in [-0.2, 0) is 32.5 Å². The van der Waals surface area contributed by atoms with E-state index in [4.69, 9.17) is 0 Å². The van der Waals surface area contributed by atoms with Crippen LogP contribution in [0.4, 0.5) is 5.69 Å². The van der Waals surface area contributed by atoms with Crippen molar-refractivity contribution in [3.63, 3.8) is 0 Å². The van der Waals surface area contributed by atoms with Crippen LogP contribution in [0.15, 0.2) is 83.8 Å². The predicted octanol–water partition coefficient (Wildman–Crippen LogP) is 5.13. The first-order chi connectivity index (χ1) is 19.2. The molecule has 3 aromatic carbocycles. The second-order valence-electron chi connectivity index (χ2n) is 9.84. The number of nitrogens with one attached hydrogen (secondary N) is 1. The third kappa shape index (κ3) is 7.72. The monoisotopic (exact) mass is 563 g/mol. The van der Waals surface area contributed by atoms with Crippen molar-refractivity contribution in [2.75, 3.05) is 23.9 Å². The molecule has 0 saturated carbocycles. The standard InChI is InChI=1S/C32H41N3O4S/c1-5-22-33-32(37)29(7-3)34(23-21-26-13-9-8-10-14-26)31(36)24-35(30-16-12-11-15-27(30)6-2)40(38,39)28-19-17-25(4)18-20-28/h8-20,29H,5-7,21-24H2,1-4H3,(H,33,37)/t29-/m1/s1. The average molecular weight is 564 g/mol. The van der Waals surface area contributed by atoms with Crippen LogP contribution in [0.5, 0.6) is 0 Å². The van der Waals surface area contributed by atoms with Crippen LogP contribution in [0.3, 0.4) is 0 Å². The van der Waals surface area contributed by atoms with Gasteiger partial charge < -0.3 is 10.2 Å². The van der Waals surface area contributed by atoms with Crippen LogP contribution < -0.4 is 9.62 Å². The number of aryl methyl sites for hydroxylation is 2. The molecule has 0 spiro atoms. The lowest BCUT2D eigenvalue weighted by atomic mass is 10.1. The second kappa shape index (κ2) is 14.7. The van der Waals surface area contributed by atoms with Crippen molar-refractivity contribution in [2.45, 2.75) is 64.3 Å². The van der Waals surface area contributed by atoms with E-state index in [9.17, 15) is 18.0 Å². The minimum Gasteiger partial charge on any atom is -0.354 e. The second-order valence-corrected chi connectivity index (χ2v) is 11.7. The lowest BCUT2D eigenvalue weighted by Crippen LogP contribution is -2.53. The van der Waals surface area contributed by atoms with Gasteiger partial charge in [0.1, 0.15) is 12.6 Å². The van der Waals surface area contributed by atoms with Gasteiger partial charge in [-0.1, -0.05) is 87.0 Å². The fourth-order valence-electron chi connectivity index (χ4n) is 4.67. The van der Waals surface area contributed by atoms with Gasteiger partial charge in [-0.05, 0) is 61.9 Å². The lowest BCUT2D eigenvalue weighted by molar-refractivity contribution is -0.139. The van der Waals surface area contributed by atoms with Crippen molar-refractivity contribution < 1.29 is 18.0 Å². The fourth-order valence-corrected chi connectivity index (χ4v) is 6.12. The molecule has 0 heterocycles. The number of carbonyl (C=O) groups is 2. The summed E-state index contributed by atoms with van der Waals surface area (Å²) in [6, 6.07) is 22.9. The summed E-state index contributed by atoms with van der Waals surface area (Å²) in [6.07, 6.45) is 2.32. The summed E-state index contributed by atoms with van der Waals surface area (Å²) in [7, 11) is -4.08. The molecular weight excluding hydrogens is 522 g/mol. The van der Waals surface area contributed by atoms with E-state index in [-0.39, 0.29) is 17.3 Å². The van der Waals surface area contributed by atoms with E-state index in [0.29, 0.717) is 31.5 Å². The average Bonchev–Trinajstić information content (AvgIpc) is 2.97. The number of benzene rings is 3. The van der Waals surface area contributed by atoms with Crippen molar-refractivity contribution in [2.24, 2.45) is 0 Å². The van der Waals surface area contributed by atoms with E-state index in [0.717, 1.165) is 23.1 Å². The summed E-state index contributed by atoms with van der Waals surface area (Å²) in [5.74, 6) is -0.649. The highest BCUT2D eigenvalue weighted by atomic mass is 32.2. The molecule has 1 atom stereocenters. The first-order valence-corrected chi connectivity index (χ1v) is 15.4. The van der Waals surface area contributed by atoms with Gasteiger partial charge in [-0.25, -0.2) is 8.42 Å². The Hall–Kier alpha value is -3.65. The van der Waals surface area contributed by atoms with Crippen molar-refractivity contribution in [1.29, 1.82) is 0 Å². The molecule has 1 N–H and O–H groups in total. The van der Waals surface area contributed by atoms with Crippen molar-refractivity contribution in [3.8, 4) is 0 Å². The molecule has 0 aromatic heterocycles. The summed E-state index contributed by atoms with van der Waals surface area (Å²) < 4.78 is 29.3. The highest BCUT2D eigenvalue weighted by Crippen LogP contribution is 2.28. The molecule has 3 aromatic rings. The van der Waals surface area contributed by atoms with Gasteiger partial charge >= 0.3 is 0 Å². The molecule has 0 aliphatic carbocycles. The molecule has 0 fully saturated rings. The molecule has 0 aliphatic rings. The fraction of sp³-hybridized carbons (Fsp3) is 0.375. The lowest BCUT2D eigenvalue weighted by Gasteiger charge is -2.33. The molecule has 40 heavy (non-hydrogen) atoms. The van der Waals surface area contributed by atoms with Gasteiger partial charge in [-0.15, -0.1) is 0 Å². The molecule has 7 nitrogen and oxygen atoms in total. The van der Waals surface area contributed by atoms with Gasteiger partial charge in [0.25, 0.3) is 10.0 Å². The van der Waals surface area contributed by atoms with Crippen LogP contribution in [0.2, 0.25) is 0 Å². The zero-order valence-corrected chi connectivity index (χ0v) is 24.8. The Morgan fingerprint density at radius 2 is 1.52 bits per heavy atom. The zero-order chi connectivity index (χ0) is 29.1. The first kappa shape index (κ1) is 30.9. The van der Waals surface area contributed by atoms with Gasteiger partial charge in [0.05, 0.1) is 10.6 Å². The van der Waals surface area contributed by atoms with Crippen LogP contribution in [0, 0.1) is 6.92 Å². The van der Waals surface area contributed by atoms with E-state index in [1.165, 1.54) is 4.31 Å². The van der Waals surface area contributed by atoms with E-state index in [1.54, 1.807) is 41.3 Å². The zero-order valence-electron chi connectivity index (χ0n) is 24.0. The minimum absolute atomic E-state index is 0.111. The number of anilines is 1. The van der Waals surface area contributed by atoms with Crippen LogP contribution in [0.1, 0.15) is 50.3 Å². The van der Waals surface area contributed by atoms with Crippen molar-refractivity contribution in [1.82, 2.24) is 10.2 Å². The minimum atomic E-state index is -4.08. The Balaban J connectivity index is 2.03. The highest BCUT2D eigenvalue weighted by Gasteiger charge is 2.34. The third-order valence-corrected chi connectivity index (χ3v) is 8.72. The number of sulfonamides is 1. The van der Waals surface area contributed by atoms with Gasteiger partial charge in [0.2, 0.25) is 11.8 Å². The number of para-hydroxylation sites is 1. The molecule has 2 amide bonds. The maximum atomic E-state index is 14.1. The molecule has 0 bridgehead atoms.